The normalized spacial score (nSPS) is 22.4. The van der Waals surface area contributed by atoms with Gasteiger partial charge in [0, 0.05) is 37.7 Å². The second kappa shape index (κ2) is 8.41. The van der Waals surface area contributed by atoms with Crippen molar-refractivity contribution in [2.75, 3.05) is 19.6 Å². The van der Waals surface area contributed by atoms with E-state index >= 15 is 0 Å². The van der Waals surface area contributed by atoms with Crippen LogP contribution in [0.2, 0.25) is 0 Å². The molecular formula is C21H28N4O4. The summed E-state index contributed by atoms with van der Waals surface area (Å²) in [5, 5.41) is 12.6. The minimum atomic E-state index is -0.272. The lowest BCUT2D eigenvalue weighted by Crippen LogP contribution is -2.30. The van der Waals surface area contributed by atoms with Crippen molar-refractivity contribution < 1.29 is 14.7 Å². The number of H-pyrrole nitrogens is 1. The number of nitrogens with zero attached hydrogens (tertiary/aromatic N) is 2. The van der Waals surface area contributed by atoms with Crippen LogP contribution in [-0.4, -0.2) is 57.1 Å². The van der Waals surface area contributed by atoms with Crippen LogP contribution in [0.4, 0.5) is 0 Å². The van der Waals surface area contributed by atoms with Crippen LogP contribution in [0.25, 0.3) is 11.0 Å². The van der Waals surface area contributed by atoms with Gasteiger partial charge in [-0.05, 0) is 56.7 Å². The van der Waals surface area contributed by atoms with Crippen molar-refractivity contribution in [2.24, 2.45) is 0 Å². The molecule has 1 aliphatic carbocycles. The molecule has 0 unspecified atom stereocenters. The fourth-order valence-corrected chi connectivity index (χ4v) is 4.47. The van der Waals surface area contributed by atoms with E-state index in [1.807, 2.05) is 11.0 Å². The van der Waals surface area contributed by atoms with Crippen molar-refractivity contribution in [1.29, 1.82) is 0 Å². The van der Waals surface area contributed by atoms with Crippen molar-refractivity contribution in [1.82, 2.24) is 19.8 Å². The third-order valence-corrected chi connectivity index (χ3v) is 6.07. The molecule has 8 nitrogen and oxygen atoms in total. The zero-order valence-corrected chi connectivity index (χ0v) is 16.5. The zero-order valence-electron chi connectivity index (χ0n) is 16.5. The van der Waals surface area contributed by atoms with Crippen LogP contribution in [0.15, 0.2) is 23.0 Å². The van der Waals surface area contributed by atoms with Crippen LogP contribution in [0.1, 0.15) is 61.3 Å². The van der Waals surface area contributed by atoms with Gasteiger partial charge in [0.2, 0.25) is 5.91 Å². The van der Waals surface area contributed by atoms with Gasteiger partial charge in [-0.2, -0.15) is 0 Å². The van der Waals surface area contributed by atoms with Gasteiger partial charge >= 0.3 is 5.69 Å². The van der Waals surface area contributed by atoms with Gasteiger partial charge in [0.15, 0.2) is 0 Å². The van der Waals surface area contributed by atoms with E-state index in [2.05, 4.69) is 10.3 Å². The average Bonchev–Trinajstić information content (AvgIpc) is 3.27. The Morgan fingerprint density at radius 1 is 1.21 bits per heavy atom. The number of amides is 2. The molecule has 1 saturated heterocycles. The van der Waals surface area contributed by atoms with E-state index in [9.17, 15) is 19.5 Å². The fourth-order valence-electron chi connectivity index (χ4n) is 4.47. The Balaban J connectivity index is 1.39. The van der Waals surface area contributed by atoms with Crippen LogP contribution in [0.3, 0.4) is 0 Å². The van der Waals surface area contributed by atoms with Gasteiger partial charge in [0.1, 0.15) is 0 Å². The smallest absolute Gasteiger partial charge is 0.326 e. The first-order valence-corrected chi connectivity index (χ1v) is 10.5. The molecule has 1 aromatic heterocycles. The number of aromatic amines is 1. The number of carbonyl (C=O) groups excluding carboxylic acids is 2. The Kier molecular flexibility index (Phi) is 5.71. The molecule has 29 heavy (non-hydrogen) atoms. The highest BCUT2D eigenvalue weighted by Gasteiger charge is 2.24. The van der Waals surface area contributed by atoms with Crippen molar-refractivity contribution in [2.45, 2.75) is 57.1 Å². The molecule has 0 radical (unpaired) electrons. The number of aliphatic hydroxyl groups excluding tert-OH is 1. The number of nitrogens with one attached hydrogen (secondary N) is 2. The van der Waals surface area contributed by atoms with E-state index in [1.54, 1.807) is 16.7 Å². The zero-order chi connectivity index (χ0) is 20.4. The molecule has 2 amide bonds. The predicted molar refractivity (Wildman–Crippen MR) is 109 cm³/mol. The van der Waals surface area contributed by atoms with Crippen molar-refractivity contribution >= 4 is 22.8 Å². The summed E-state index contributed by atoms with van der Waals surface area (Å²) >= 11 is 0. The summed E-state index contributed by atoms with van der Waals surface area (Å²) in [6, 6.07) is 5.34. The Morgan fingerprint density at radius 3 is 2.72 bits per heavy atom. The monoisotopic (exact) mass is 400 g/mol. The number of fused-ring (bicyclic) bond motifs is 1. The van der Waals surface area contributed by atoms with E-state index in [4.69, 9.17) is 0 Å². The van der Waals surface area contributed by atoms with Crippen LogP contribution in [0, 0.1) is 0 Å². The first-order valence-electron chi connectivity index (χ1n) is 10.5. The highest BCUT2D eigenvalue weighted by atomic mass is 16.3. The largest absolute Gasteiger partial charge is 0.393 e. The Morgan fingerprint density at radius 2 is 2.00 bits per heavy atom. The van der Waals surface area contributed by atoms with Crippen LogP contribution in [0.5, 0.6) is 0 Å². The van der Waals surface area contributed by atoms with E-state index < -0.39 is 0 Å². The summed E-state index contributed by atoms with van der Waals surface area (Å²) in [7, 11) is 0. The first kappa shape index (κ1) is 19.7. The number of imidazole rings is 1. The summed E-state index contributed by atoms with van der Waals surface area (Å²) in [5.74, 6) is 0.0109. The molecular weight excluding hydrogens is 372 g/mol. The molecule has 2 aromatic rings. The molecule has 2 fully saturated rings. The molecule has 1 aromatic carbocycles. The first-order chi connectivity index (χ1) is 14.0. The third-order valence-electron chi connectivity index (χ3n) is 6.07. The number of hydrogen-bond donors (Lipinski definition) is 3. The molecule has 156 valence electrons. The van der Waals surface area contributed by atoms with Crippen LogP contribution >= 0.6 is 0 Å². The maximum Gasteiger partial charge on any atom is 0.326 e. The van der Waals surface area contributed by atoms with Gasteiger partial charge in [0.25, 0.3) is 5.91 Å². The lowest BCUT2D eigenvalue weighted by Gasteiger charge is -2.26. The van der Waals surface area contributed by atoms with Gasteiger partial charge in [0.05, 0.1) is 17.1 Å². The molecule has 0 atom stereocenters. The van der Waals surface area contributed by atoms with Gasteiger partial charge in [-0.15, -0.1) is 0 Å². The Bertz CT molecular complexity index is 955. The summed E-state index contributed by atoms with van der Waals surface area (Å²) in [5.41, 5.74) is 1.77. The average molecular weight is 400 g/mol. The molecule has 0 spiro atoms. The fraction of sp³-hybridized carbons (Fsp3) is 0.571. The van der Waals surface area contributed by atoms with Crippen molar-refractivity contribution in [3.05, 3.63) is 34.2 Å². The molecule has 3 N–H and O–H groups in total. The summed E-state index contributed by atoms with van der Waals surface area (Å²) in [6.07, 6.45) is 4.95. The number of rotatable bonds is 6. The topological polar surface area (TPSA) is 107 Å². The molecule has 8 heteroatoms. The van der Waals surface area contributed by atoms with E-state index in [0.717, 1.165) is 37.7 Å². The number of likely N-dealkylation sites (tertiary alicyclic amines) is 1. The Labute approximate surface area is 168 Å². The summed E-state index contributed by atoms with van der Waals surface area (Å²) < 4.78 is 1.76. The SMILES string of the molecule is O=C(NCCCN1CCCC1=O)c1ccc2c(c1)[nH]c(=O)n2C1CCC(O)CC1. The number of hydrogen-bond acceptors (Lipinski definition) is 4. The lowest BCUT2D eigenvalue weighted by molar-refractivity contribution is -0.127. The van der Waals surface area contributed by atoms with E-state index in [0.29, 0.717) is 43.4 Å². The van der Waals surface area contributed by atoms with Crippen LogP contribution < -0.4 is 11.0 Å². The van der Waals surface area contributed by atoms with Crippen molar-refractivity contribution in [3.8, 4) is 0 Å². The van der Waals surface area contributed by atoms with E-state index in [-0.39, 0.29) is 29.6 Å². The maximum absolute atomic E-state index is 12.5. The standard InChI is InChI=1S/C21H28N4O4/c26-16-7-5-15(6-8-16)25-18-9-4-14(13-17(18)23-21(25)29)20(28)22-10-2-12-24-11-1-3-19(24)27/h4,9,13,15-16,26H,1-3,5-8,10-12H2,(H,22,28)(H,23,29). The molecule has 1 saturated carbocycles. The molecule has 2 aliphatic rings. The third kappa shape index (κ3) is 4.22. The minimum Gasteiger partial charge on any atom is -0.393 e. The number of aliphatic hydroxyl groups is 1. The Hall–Kier alpha value is -2.61. The second-order valence-corrected chi connectivity index (χ2v) is 8.09. The van der Waals surface area contributed by atoms with E-state index in [1.165, 1.54) is 0 Å². The number of benzene rings is 1. The van der Waals surface area contributed by atoms with Gasteiger partial charge in [-0.25, -0.2) is 4.79 Å². The molecule has 1 aliphatic heterocycles. The highest BCUT2D eigenvalue weighted by Crippen LogP contribution is 2.29. The number of carbonyl (C=O) groups is 2. The summed E-state index contributed by atoms with van der Waals surface area (Å²) in [4.78, 5) is 41.2. The van der Waals surface area contributed by atoms with Gasteiger partial charge in [-0.1, -0.05) is 0 Å². The van der Waals surface area contributed by atoms with Crippen LogP contribution in [-0.2, 0) is 4.79 Å². The maximum atomic E-state index is 12.5. The molecule has 2 heterocycles. The van der Waals surface area contributed by atoms with Gasteiger partial charge in [-0.3, -0.25) is 14.2 Å². The molecule has 4 rings (SSSR count). The van der Waals surface area contributed by atoms with Crippen molar-refractivity contribution in [3.63, 3.8) is 0 Å². The second-order valence-electron chi connectivity index (χ2n) is 8.09. The van der Waals surface area contributed by atoms with Gasteiger partial charge < -0.3 is 20.3 Å². The minimum absolute atomic E-state index is 0.0765. The lowest BCUT2D eigenvalue weighted by atomic mass is 9.93. The highest BCUT2D eigenvalue weighted by molar-refractivity contribution is 5.97. The summed E-state index contributed by atoms with van der Waals surface area (Å²) in [6.45, 7) is 1.99. The molecule has 0 bridgehead atoms. The quantitative estimate of drug-likeness (QED) is 0.640. The number of aromatic nitrogens is 2. The predicted octanol–water partition coefficient (Wildman–Crippen LogP) is 1.55.